The number of benzene rings is 3. The van der Waals surface area contributed by atoms with Gasteiger partial charge in [-0.05, 0) is 73.5 Å². The minimum atomic E-state index is -0.235. The van der Waals surface area contributed by atoms with Crippen molar-refractivity contribution in [3.63, 3.8) is 0 Å². The number of carbonyl (C=O) groups excluding carboxylic acids is 1. The first-order valence-electron chi connectivity index (χ1n) is 9.14. The molecule has 0 radical (unpaired) electrons. The third-order valence-electron chi connectivity index (χ3n) is 4.49. The summed E-state index contributed by atoms with van der Waals surface area (Å²) in [4.78, 5) is 16.9. The summed E-state index contributed by atoms with van der Waals surface area (Å²) in [6.07, 6.45) is 0. The van der Waals surface area contributed by atoms with Gasteiger partial charge in [0, 0.05) is 15.7 Å². The van der Waals surface area contributed by atoms with E-state index in [4.69, 9.17) is 9.15 Å². The molecule has 29 heavy (non-hydrogen) atoms. The topological polar surface area (TPSA) is 64.4 Å². The van der Waals surface area contributed by atoms with E-state index in [9.17, 15) is 4.79 Å². The molecule has 1 heterocycles. The van der Waals surface area contributed by atoms with Crippen LogP contribution in [0.1, 0.15) is 11.1 Å². The van der Waals surface area contributed by atoms with E-state index in [-0.39, 0.29) is 12.5 Å². The molecule has 1 amide bonds. The molecule has 3 aromatic carbocycles. The van der Waals surface area contributed by atoms with Crippen LogP contribution in [0.4, 0.5) is 5.69 Å². The lowest BCUT2D eigenvalue weighted by molar-refractivity contribution is -0.118. The molecule has 5 nitrogen and oxygen atoms in total. The predicted molar refractivity (Wildman–Crippen MR) is 117 cm³/mol. The number of aryl methyl sites for hydroxylation is 2. The predicted octanol–water partition coefficient (Wildman–Crippen LogP) is 5.89. The standard InChI is InChI=1S/C23H19BrN2O3/c1-14-3-10-21-20(11-14)26-23(29-21)16-5-4-15(2)19(12-16)25-22(27)13-28-18-8-6-17(24)7-9-18/h3-12H,13H2,1-2H3,(H,25,27). The smallest absolute Gasteiger partial charge is 0.262 e. The quantitative estimate of drug-likeness (QED) is 0.411. The lowest BCUT2D eigenvalue weighted by atomic mass is 10.1. The van der Waals surface area contributed by atoms with Crippen LogP contribution in [0.3, 0.4) is 0 Å². The van der Waals surface area contributed by atoms with Crippen molar-refractivity contribution in [1.29, 1.82) is 0 Å². The first-order chi connectivity index (χ1) is 14.0. The molecule has 146 valence electrons. The SMILES string of the molecule is Cc1ccc2oc(-c3ccc(C)c(NC(=O)COc4ccc(Br)cc4)c3)nc2c1. The van der Waals surface area contributed by atoms with Crippen LogP contribution in [0.5, 0.6) is 5.75 Å². The highest BCUT2D eigenvalue weighted by Crippen LogP contribution is 2.28. The number of carbonyl (C=O) groups is 1. The van der Waals surface area contributed by atoms with Crippen molar-refractivity contribution < 1.29 is 13.9 Å². The highest BCUT2D eigenvalue weighted by molar-refractivity contribution is 9.10. The van der Waals surface area contributed by atoms with Crippen LogP contribution in [0, 0.1) is 13.8 Å². The Kier molecular flexibility index (Phi) is 5.36. The van der Waals surface area contributed by atoms with Crippen molar-refractivity contribution >= 4 is 38.6 Å². The number of amides is 1. The van der Waals surface area contributed by atoms with Crippen LogP contribution in [0.25, 0.3) is 22.6 Å². The van der Waals surface area contributed by atoms with E-state index in [0.29, 0.717) is 17.3 Å². The normalized spacial score (nSPS) is 10.9. The molecular weight excluding hydrogens is 432 g/mol. The van der Waals surface area contributed by atoms with Crippen molar-refractivity contribution in [2.75, 3.05) is 11.9 Å². The minimum absolute atomic E-state index is 0.0759. The number of halogens is 1. The molecule has 4 aromatic rings. The minimum Gasteiger partial charge on any atom is -0.484 e. The highest BCUT2D eigenvalue weighted by Gasteiger charge is 2.12. The number of aromatic nitrogens is 1. The Bertz CT molecular complexity index is 1180. The molecular formula is C23H19BrN2O3. The maximum atomic E-state index is 12.3. The van der Waals surface area contributed by atoms with Gasteiger partial charge in [0.05, 0.1) is 0 Å². The molecule has 0 atom stereocenters. The number of anilines is 1. The largest absolute Gasteiger partial charge is 0.484 e. The monoisotopic (exact) mass is 450 g/mol. The van der Waals surface area contributed by atoms with Gasteiger partial charge in [0.15, 0.2) is 12.2 Å². The third-order valence-corrected chi connectivity index (χ3v) is 5.01. The first-order valence-corrected chi connectivity index (χ1v) is 9.94. The Hall–Kier alpha value is -3.12. The van der Waals surface area contributed by atoms with Crippen molar-refractivity contribution in [2.24, 2.45) is 0 Å². The lowest BCUT2D eigenvalue weighted by Gasteiger charge is -2.10. The molecule has 6 heteroatoms. The Balaban J connectivity index is 1.50. The van der Waals surface area contributed by atoms with Crippen molar-refractivity contribution in [1.82, 2.24) is 4.98 Å². The average molecular weight is 451 g/mol. The Morgan fingerprint density at radius 2 is 1.86 bits per heavy atom. The zero-order valence-electron chi connectivity index (χ0n) is 16.0. The second-order valence-corrected chi connectivity index (χ2v) is 7.73. The van der Waals surface area contributed by atoms with Crippen molar-refractivity contribution in [2.45, 2.75) is 13.8 Å². The fourth-order valence-corrected chi connectivity index (χ4v) is 3.18. The van der Waals surface area contributed by atoms with E-state index in [0.717, 1.165) is 32.3 Å². The van der Waals surface area contributed by atoms with Crippen molar-refractivity contribution in [3.05, 3.63) is 76.3 Å². The van der Waals surface area contributed by atoms with Gasteiger partial charge >= 0.3 is 0 Å². The van der Waals surface area contributed by atoms with Gasteiger partial charge in [-0.25, -0.2) is 4.98 Å². The van der Waals surface area contributed by atoms with Gasteiger partial charge < -0.3 is 14.5 Å². The first kappa shape index (κ1) is 19.2. The number of nitrogens with zero attached hydrogens (tertiary/aromatic N) is 1. The summed E-state index contributed by atoms with van der Waals surface area (Å²) < 4.78 is 12.4. The van der Waals surface area contributed by atoms with Crippen LogP contribution in [-0.2, 0) is 4.79 Å². The second kappa shape index (κ2) is 8.09. The number of fused-ring (bicyclic) bond motifs is 1. The van der Waals surface area contributed by atoms with Crippen LogP contribution in [0.15, 0.2) is 69.6 Å². The van der Waals surface area contributed by atoms with E-state index >= 15 is 0 Å². The molecule has 0 fully saturated rings. The van der Waals surface area contributed by atoms with Gasteiger partial charge in [-0.15, -0.1) is 0 Å². The Labute approximate surface area is 176 Å². The molecule has 0 aliphatic carbocycles. The molecule has 0 saturated carbocycles. The number of hydrogen-bond acceptors (Lipinski definition) is 4. The zero-order valence-corrected chi connectivity index (χ0v) is 17.6. The molecule has 0 aliphatic heterocycles. The number of rotatable bonds is 5. The summed E-state index contributed by atoms with van der Waals surface area (Å²) in [5, 5.41) is 2.90. The van der Waals surface area contributed by atoms with Crippen LogP contribution in [-0.4, -0.2) is 17.5 Å². The van der Waals surface area contributed by atoms with Crippen LogP contribution >= 0.6 is 15.9 Å². The van der Waals surface area contributed by atoms with Gasteiger partial charge in [-0.1, -0.05) is 28.1 Å². The summed E-state index contributed by atoms with van der Waals surface area (Å²) in [5.41, 5.74) is 5.12. The van der Waals surface area contributed by atoms with E-state index < -0.39 is 0 Å². The summed E-state index contributed by atoms with van der Waals surface area (Å²) in [7, 11) is 0. The highest BCUT2D eigenvalue weighted by atomic mass is 79.9. The number of hydrogen-bond donors (Lipinski definition) is 1. The maximum absolute atomic E-state index is 12.3. The molecule has 1 aromatic heterocycles. The molecule has 0 saturated heterocycles. The molecule has 0 bridgehead atoms. The molecule has 0 spiro atoms. The van der Waals surface area contributed by atoms with Gasteiger partial charge in [-0.3, -0.25) is 4.79 Å². The van der Waals surface area contributed by atoms with Crippen molar-refractivity contribution in [3.8, 4) is 17.2 Å². The molecule has 4 rings (SSSR count). The van der Waals surface area contributed by atoms with E-state index in [1.54, 1.807) is 12.1 Å². The second-order valence-electron chi connectivity index (χ2n) is 6.81. The fraction of sp³-hybridized carbons (Fsp3) is 0.130. The zero-order chi connectivity index (χ0) is 20.4. The average Bonchev–Trinajstić information content (AvgIpc) is 3.12. The van der Waals surface area contributed by atoms with E-state index in [1.165, 1.54) is 0 Å². The number of oxazole rings is 1. The summed E-state index contributed by atoms with van der Waals surface area (Å²) in [6, 6.07) is 19.0. The molecule has 0 unspecified atom stereocenters. The molecule has 0 aliphatic rings. The molecule has 1 N–H and O–H groups in total. The van der Waals surface area contributed by atoms with Crippen LogP contribution < -0.4 is 10.1 Å². The van der Waals surface area contributed by atoms with E-state index in [1.807, 2.05) is 62.4 Å². The summed E-state index contributed by atoms with van der Waals surface area (Å²) in [6.45, 7) is 3.88. The third kappa shape index (κ3) is 4.49. The fourth-order valence-electron chi connectivity index (χ4n) is 2.92. The number of nitrogens with one attached hydrogen (secondary N) is 1. The van der Waals surface area contributed by atoms with Gasteiger partial charge in [-0.2, -0.15) is 0 Å². The van der Waals surface area contributed by atoms with Gasteiger partial charge in [0.25, 0.3) is 5.91 Å². The summed E-state index contributed by atoms with van der Waals surface area (Å²) >= 11 is 3.37. The Morgan fingerprint density at radius 1 is 1.07 bits per heavy atom. The summed E-state index contributed by atoms with van der Waals surface area (Å²) in [5.74, 6) is 0.921. The number of ether oxygens (including phenoxy) is 1. The lowest BCUT2D eigenvalue weighted by Crippen LogP contribution is -2.20. The van der Waals surface area contributed by atoms with Crippen LogP contribution in [0.2, 0.25) is 0 Å². The maximum Gasteiger partial charge on any atom is 0.262 e. The van der Waals surface area contributed by atoms with E-state index in [2.05, 4.69) is 26.2 Å². The van der Waals surface area contributed by atoms with Gasteiger partial charge in [0.2, 0.25) is 5.89 Å². The Morgan fingerprint density at radius 3 is 2.66 bits per heavy atom. The van der Waals surface area contributed by atoms with Gasteiger partial charge in [0.1, 0.15) is 11.3 Å².